The predicted octanol–water partition coefficient (Wildman–Crippen LogP) is 2.71. The van der Waals surface area contributed by atoms with Gasteiger partial charge in [0.25, 0.3) is 0 Å². The van der Waals surface area contributed by atoms with Crippen molar-refractivity contribution < 1.29 is 4.79 Å². The van der Waals surface area contributed by atoms with Gasteiger partial charge in [-0.1, -0.05) is 29.8 Å². The van der Waals surface area contributed by atoms with E-state index in [-0.39, 0.29) is 5.69 Å². The number of aromatic nitrogens is 2. The second-order valence-electron chi connectivity index (χ2n) is 4.22. The van der Waals surface area contributed by atoms with E-state index < -0.39 is 0 Å². The van der Waals surface area contributed by atoms with Crippen LogP contribution in [0, 0.1) is 6.92 Å². The quantitative estimate of drug-likeness (QED) is 0.799. The summed E-state index contributed by atoms with van der Waals surface area (Å²) in [4.78, 5) is 17.0. The van der Waals surface area contributed by atoms with Crippen molar-refractivity contribution in [3.8, 4) is 5.69 Å². The Morgan fingerprint density at radius 2 is 2.00 bits per heavy atom. The lowest BCUT2D eigenvalue weighted by atomic mass is 10.2. The number of carbonyl (C=O) groups excluding carboxylic acids is 1. The van der Waals surface area contributed by atoms with Crippen molar-refractivity contribution >= 4 is 23.8 Å². The van der Waals surface area contributed by atoms with Crippen LogP contribution < -0.4 is 4.90 Å². The van der Waals surface area contributed by atoms with E-state index in [2.05, 4.69) is 4.98 Å². The molecule has 0 bridgehead atoms. The molecule has 0 amide bonds. The van der Waals surface area contributed by atoms with E-state index in [4.69, 9.17) is 11.6 Å². The molecule has 0 unspecified atom stereocenters. The van der Waals surface area contributed by atoms with Gasteiger partial charge in [0.2, 0.25) is 5.95 Å². The summed E-state index contributed by atoms with van der Waals surface area (Å²) in [5.41, 5.74) is 2.24. The van der Waals surface area contributed by atoms with Crippen molar-refractivity contribution in [1.82, 2.24) is 9.55 Å². The topological polar surface area (TPSA) is 38.1 Å². The predicted molar refractivity (Wildman–Crippen MR) is 73.0 cm³/mol. The molecule has 0 aliphatic rings. The molecule has 2 rings (SSSR count). The molecule has 4 nitrogen and oxygen atoms in total. The molecule has 2 aromatic rings. The molecule has 18 heavy (non-hydrogen) atoms. The first-order valence-electron chi connectivity index (χ1n) is 5.53. The van der Waals surface area contributed by atoms with E-state index in [1.165, 1.54) is 0 Å². The largest absolute Gasteiger partial charge is 0.348 e. The number of aryl methyl sites for hydroxylation is 1. The molecule has 0 radical (unpaired) electrons. The molecular formula is C13H14ClN3O. The van der Waals surface area contributed by atoms with Gasteiger partial charge in [0.05, 0.1) is 5.69 Å². The van der Waals surface area contributed by atoms with E-state index in [0.717, 1.165) is 11.3 Å². The minimum absolute atomic E-state index is 0.253. The zero-order chi connectivity index (χ0) is 13.3. The minimum Gasteiger partial charge on any atom is -0.348 e. The molecule has 0 saturated carbocycles. The third-order valence-electron chi connectivity index (χ3n) is 2.70. The summed E-state index contributed by atoms with van der Waals surface area (Å²) >= 11 is 6.22. The van der Waals surface area contributed by atoms with Crippen LogP contribution in [0.3, 0.4) is 0 Å². The maximum Gasteiger partial charge on any atom is 0.211 e. The van der Waals surface area contributed by atoms with Crippen LogP contribution >= 0.6 is 11.6 Å². The number of benzene rings is 1. The molecule has 0 saturated heterocycles. The molecule has 1 heterocycles. The van der Waals surface area contributed by atoms with Crippen LogP contribution in [0.25, 0.3) is 5.69 Å². The van der Waals surface area contributed by atoms with E-state index in [0.29, 0.717) is 17.4 Å². The van der Waals surface area contributed by atoms with Gasteiger partial charge < -0.3 is 4.90 Å². The second-order valence-corrected chi connectivity index (χ2v) is 4.58. The monoisotopic (exact) mass is 263 g/mol. The van der Waals surface area contributed by atoms with Crippen LogP contribution in [-0.2, 0) is 0 Å². The van der Waals surface area contributed by atoms with Crippen molar-refractivity contribution in [2.75, 3.05) is 19.0 Å². The number of aldehydes is 1. The van der Waals surface area contributed by atoms with E-state index in [1.807, 2.05) is 50.2 Å². The van der Waals surface area contributed by atoms with Crippen LogP contribution in [0.5, 0.6) is 0 Å². The van der Waals surface area contributed by atoms with Gasteiger partial charge >= 0.3 is 0 Å². The van der Waals surface area contributed by atoms with Crippen molar-refractivity contribution in [1.29, 1.82) is 0 Å². The average Bonchev–Trinajstić information content (AvgIpc) is 2.67. The van der Waals surface area contributed by atoms with Gasteiger partial charge in [-0.25, -0.2) is 4.98 Å². The summed E-state index contributed by atoms with van der Waals surface area (Å²) in [7, 11) is 3.73. The smallest absolute Gasteiger partial charge is 0.211 e. The number of hydrogen-bond acceptors (Lipinski definition) is 3. The van der Waals surface area contributed by atoms with Crippen LogP contribution in [0.15, 0.2) is 24.3 Å². The Labute approximate surface area is 111 Å². The fourth-order valence-corrected chi connectivity index (χ4v) is 2.06. The number of rotatable bonds is 3. The van der Waals surface area contributed by atoms with Gasteiger partial charge in [0.1, 0.15) is 10.8 Å². The Hall–Kier alpha value is -1.81. The first-order chi connectivity index (χ1) is 8.56. The maximum atomic E-state index is 11.0. The van der Waals surface area contributed by atoms with Crippen LogP contribution in [0.2, 0.25) is 5.15 Å². The number of hydrogen-bond donors (Lipinski definition) is 0. The highest BCUT2D eigenvalue weighted by atomic mass is 35.5. The van der Waals surface area contributed by atoms with Gasteiger partial charge in [-0.15, -0.1) is 0 Å². The zero-order valence-electron chi connectivity index (χ0n) is 10.5. The third-order valence-corrected chi connectivity index (χ3v) is 3.06. The van der Waals surface area contributed by atoms with Gasteiger partial charge in [-0.2, -0.15) is 0 Å². The number of anilines is 1. The fourth-order valence-electron chi connectivity index (χ4n) is 1.81. The molecule has 0 N–H and O–H groups in total. The summed E-state index contributed by atoms with van der Waals surface area (Å²) < 4.78 is 1.78. The number of imidazole rings is 1. The fraction of sp³-hybridized carbons (Fsp3) is 0.231. The van der Waals surface area contributed by atoms with Crippen molar-refractivity contribution in [3.05, 3.63) is 40.7 Å². The van der Waals surface area contributed by atoms with E-state index in [1.54, 1.807) is 4.57 Å². The van der Waals surface area contributed by atoms with Crippen LogP contribution in [0.4, 0.5) is 5.95 Å². The highest BCUT2D eigenvalue weighted by Gasteiger charge is 2.18. The Kier molecular flexibility index (Phi) is 3.39. The highest BCUT2D eigenvalue weighted by Crippen LogP contribution is 2.28. The van der Waals surface area contributed by atoms with Crippen molar-refractivity contribution in [3.63, 3.8) is 0 Å². The lowest BCUT2D eigenvalue weighted by molar-refractivity contribution is 0.111. The van der Waals surface area contributed by atoms with Gasteiger partial charge in [-0.3, -0.25) is 9.36 Å². The van der Waals surface area contributed by atoms with Gasteiger partial charge in [-0.05, 0) is 18.6 Å². The number of carbonyl (C=O) groups is 1. The molecule has 1 aromatic carbocycles. The number of halogens is 1. The summed E-state index contributed by atoms with van der Waals surface area (Å²) in [6.07, 6.45) is 0.671. The standard InChI is InChI=1S/C13H14ClN3O/c1-9-6-4-5-7-11(9)17-12(14)10(8-18)15-13(17)16(2)3/h4-8H,1-3H3. The summed E-state index contributed by atoms with van der Waals surface area (Å²) in [6, 6.07) is 7.83. The maximum absolute atomic E-state index is 11.0. The first kappa shape index (κ1) is 12.6. The molecular weight excluding hydrogens is 250 g/mol. The number of para-hydroxylation sites is 1. The van der Waals surface area contributed by atoms with Crippen LogP contribution in [-0.4, -0.2) is 29.9 Å². The Bertz CT molecular complexity index is 590. The first-order valence-corrected chi connectivity index (χ1v) is 5.90. The summed E-state index contributed by atoms with van der Waals surface area (Å²) in [5.74, 6) is 0.636. The van der Waals surface area contributed by atoms with E-state index >= 15 is 0 Å². The Morgan fingerprint density at radius 1 is 1.33 bits per heavy atom. The number of nitrogens with zero attached hydrogens (tertiary/aromatic N) is 3. The molecule has 0 atom stereocenters. The SMILES string of the molecule is Cc1ccccc1-n1c(N(C)C)nc(C=O)c1Cl. The summed E-state index contributed by atoms with van der Waals surface area (Å²) in [5, 5.41) is 0.336. The normalized spacial score (nSPS) is 10.4. The Balaban J connectivity index is 2.73. The lowest BCUT2D eigenvalue weighted by Gasteiger charge is -2.16. The van der Waals surface area contributed by atoms with Crippen molar-refractivity contribution in [2.45, 2.75) is 6.92 Å². The van der Waals surface area contributed by atoms with Gasteiger partial charge in [0, 0.05) is 14.1 Å². The molecule has 5 heteroatoms. The molecule has 1 aromatic heterocycles. The van der Waals surface area contributed by atoms with Crippen LogP contribution in [0.1, 0.15) is 16.1 Å². The minimum atomic E-state index is 0.253. The second kappa shape index (κ2) is 4.82. The average molecular weight is 264 g/mol. The Morgan fingerprint density at radius 3 is 2.56 bits per heavy atom. The molecule has 0 fully saturated rings. The zero-order valence-corrected chi connectivity index (χ0v) is 11.3. The molecule has 0 spiro atoms. The third kappa shape index (κ3) is 1.99. The molecule has 0 aliphatic carbocycles. The summed E-state index contributed by atoms with van der Waals surface area (Å²) in [6.45, 7) is 1.99. The lowest BCUT2D eigenvalue weighted by Crippen LogP contribution is -2.15. The molecule has 94 valence electrons. The van der Waals surface area contributed by atoms with Crippen molar-refractivity contribution in [2.24, 2.45) is 0 Å². The highest BCUT2D eigenvalue weighted by molar-refractivity contribution is 6.32. The van der Waals surface area contributed by atoms with E-state index in [9.17, 15) is 4.79 Å². The van der Waals surface area contributed by atoms with Gasteiger partial charge in [0.15, 0.2) is 6.29 Å². The molecule has 0 aliphatic heterocycles.